The van der Waals surface area contributed by atoms with Crippen LogP contribution < -0.4 is 5.32 Å². The highest BCUT2D eigenvalue weighted by molar-refractivity contribution is 6.17. The van der Waals surface area contributed by atoms with Crippen LogP contribution in [0, 0.1) is 32.4 Å². The number of rotatable bonds is 2. The highest BCUT2D eigenvalue weighted by Gasteiger charge is 2.27. The molecule has 6 heteroatoms. The van der Waals surface area contributed by atoms with Gasteiger partial charge in [-0.1, -0.05) is 6.07 Å². The monoisotopic (exact) mass is 378 g/mol. The molecule has 4 nitrogen and oxygen atoms in total. The molecule has 1 aliphatic rings. The highest BCUT2D eigenvalue weighted by atomic mass is 19.1. The topological polar surface area (TPSA) is 50.2 Å². The van der Waals surface area contributed by atoms with Gasteiger partial charge in [-0.15, -0.1) is 0 Å². The van der Waals surface area contributed by atoms with Crippen molar-refractivity contribution >= 4 is 11.7 Å². The molecular formula is C22H20F2N4. The molecular weight excluding hydrogens is 358 g/mol. The van der Waals surface area contributed by atoms with E-state index in [1.165, 1.54) is 18.2 Å². The van der Waals surface area contributed by atoms with E-state index in [2.05, 4.69) is 20.3 Å². The van der Waals surface area contributed by atoms with Crippen molar-refractivity contribution in [2.75, 3.05) is 12.4 Å². The van der Waals surface area contributed by atoms with Gasteiger partial charge in [-0.05, 0) is 55.7 Å². The number of aryl methyl sites for hydroxylation is 1. The molecule has 0 fully saturated rings. The van der Waals surface area contributed by atoms with Gasteiger partial charge in [0.2, 0.25) is 5.95 Å². The second kappa shape index (κ2) is 6.78. The minimum Gasteiger partial charge on any atom is -0.357 e. The molecule has 0 bridgehead atoms. The molecule has 142 valence electrons. The summed E-state index contributed by atoms with van der Waals surface area (Å²) < 4.78 is 29.3. The van der Waals surface area contributed by atoms with Gasteiger partial charge >= 0.3 is 0 Å². The zero-order valence-corrected chi connectivity index (χ0v) is 16.2. The largest absolute Gasteiger partial charge is 0.357 e. The van der Waals surface area contributed by atoms with Gasteiger partial charge in [-0.3, -0.25) is 4.99 Å². The van der Waals surface area contributed by atoms with Gasteiger partial charge < -0.3 is 5.32 Å². The Morgan fingerprint density at radius 3 is 2.39 bits per heavy atom. The van der Waals surface area contributed by atoms with Crippen molar-refractivity contribution in [1.29, 1.82) is 0 Å². The van der Waals surface area contributed by atoms with Crippen molar-refractivity contribution < 1.29 is 8.78 Å². The minimum atomic E-state index is -0.631. The SMILES string of the molecule is CNc1ncc2c(n1)-c1c(cc(C)c(C)c1C)C(c1c(F)cccc1F)=NC2. The van der Waals surface area contributed by atoms with Crippen LogP contribution in [0.1, 0.15) is 33.4 Å². The molecule has 2 heterocycles. The fourth-order valence-electron chi connectivity index (χ4n) is 3.62. The molecule has 0 radical (unpaired) electrons. The predicted octanol–water partition coefficient (Wildman–Crippen LogP) is 4.74. The van der Waals surface area contributed by atoms with Crippen molar-refractivity contribution in [2.45, 2.75) is 27.3 Å². The minimum absolute atomic E-state index is 0.110. The lowest BCUT2D eigenvalue weighted by atomic mass is 9.87. The number of nitrogens with zero attached hydrogens (tertiary/aromatic N) is 3. The van der Waals surface area contributed by atoms with Crippen molar-refractivity contribution in [3.05, 3.63) is 75.5 Å². The molecule has 0 saturated carbocycles. The van der Waals surface area contributed by atoms with Gasteiger partial charge in [0.25, 0.3) is 0 Å². The van der Waals surface area contributed by atoms with E-state index in [9.17, 15) is 8.78 Å². The predicted molar refractivity (Wildman–Crippen MR) is 107 cm³/mol. The molecule has 28 heavy (non-hydrogen) atoms. The zero-order chi connectivity index (χ0) is 20.0. The standard InChI is InChI=1S/C22H20F2N4/c1-11-8-15-18(13(3)12(11)2)20-14(10-27-22(25-4)28-20)9-26-21(15)19-16(23)6-5-7-17(19)24/h5-8,10H,9H2,1-4H3,(H,25,27,28). The van der Waals surface area contributed by atoms with Gasteiger partial charge in [0.15, 0.2) is 0 Å². The lowest BCUT2D eigenvalue weighted by Gasteiger charge is -2.18. The second-order valence-corrected chi connectivity index (χ2v) is 6.94. The fraction of sp³-hybridized carbons (Fsp3) is 0.227. The summed E-state index contributed by atoms with van der Waals surface area (Å²) in [5.74, 6) is -0.773. The number of anilines is 1. The van der Waals surface area contributed by atoms with Crippen molar-refractivity contribution in [3.63, 3.8) is 0 Å². The summed E-state index contributed by atoms with van der Waals surface area (Å²) in [6.07, 6.45) is 1.72. The highest BCUT2D eigenvalue weighted by Crippen LogP contribution is 2.37. The molecule has 0 amide bonds. The first-order valence-corrected chi connectivity index (χ1v) is 9.06. The number of hydrogen-bond donors (Lipinski definition) is 1. The van der Waals surface area contributed by atoms with E-state index in [4.69, 9.17) is 0 Å². The number of hydrogen-bond acceptors (Lipinski definition) is 4. The Bertz CT molecular complexity index is 1120. The molecule has 0 atom stereocenters. The number of aromatic nitrogens is 2. The second-order valence-electron chi connectivity index (χ2n) is 6.94. The first kappa shape index (κ1) is 18.2. The van der Waals surface area contributed by atoms with Crippen LogP contribution in [-0.2, 0) is 6.54 Å². The van der Waals surface area contributed by atoms with E-state index in [1.54, 1.807) is 13.2 Å². The first-order valence-electron chi connectivity index (χ1n) is 9.06. The van der Waals surface area contributed by atoms with Gasteiger partial charge in [0.1, 0.15) is 11.6 Å². The molecule has 1 aliphatic heterocycles. The van der Waals surface area contributed by atoms with E-state index in [1.807, 2.05) is 26.8 Å². The van der Waals surface area contributed by atoms with Crippen LogP contribution in [-0.4, -0.2) is 22.7 Å². The van der Waals surface area contributed by atoms with Crippen LogP contribution in [0.15, 0.2) is 35.5 Å². The summed E-state index contributed by atoms with van der Waals surface area (Å²) in [7, 11) is 1.75. The molecule has 4 rings (SSSR count). The number of halogens is 2. The quantitative estimate of drug-likeness (QED) is 0.701. The molecule has 3 aromatic rings. The Labute approximate surface area is 162 Å². The average Bonchev–Trinajstić information content (AvgIpc) is 2.83. The van der Waals surface area contributed by atoms with Gasteiger partial charge in [0, 0.05) is 29.9 Å². The Hall–Kier alpha value is -3.15. The Balaban J connectivity index is 2.10. The Kier molecular flexibility index (Phi) is 4.41. The summed E-state index contributed by atoms with van der Waals surface area (Å²) in [6, 6.07) is 5.81. The van der Waals surface area contributed by atoms with E-state index < -0.39 is 11.6 Å². The lowest BCUT2D eigenvalue weighted by Crippen LogP contribution is -2.12. The van der Waals surface area contributed by atoms with E-state index >= 15 is 0 Å². The van der Waals surface area contributed by atoms with Gasteiger partial charge in [0.05, 0.1) is 23.5 Å². The third-order valence-corrected chi connectivity index (χ3v) is 5.35. The van der Waals surface area contributed by atoms with Crippen LogP contribution in [0.3, 0.4) is 0 Å². The molecule has 1 N–H and O–H groups in total. The molecule has 0 aliphatic carbocycles. The first-order chi connectivity index (χ1) is 13.4. The molecule has 0 spiro atoms. The number of fused-ring (bicyclic) bond motifs is 3. The fourth-order valence-corrected chi connectivity index (χ4v) is 3.62. The van der Waals surface area contributed by atoms with Gasteiger partial charge in [-0.2, -0.15) is 0 Å². The van der Waals surface area contributed by atoms with Crippen molar-refractivity contribution in [2.24, 2.45) is 4.99 Å². The molecule has 0 unspecified atom stereocenters. The maximum atomic E-state index is 14.6. The molecule has 1 aromatic heterocycles. The lowest BCUT2D eigenvalue weighted by molar-refractivity contribution is 0.579. The van der Waals surface area contributed by atoms with Crippen molar-refractivity contribution in [1.82, 2.24) is 9.97 Å². The van der Waals surface area contributed by atoms with Crippen LogP contribution in [0.25, 0.3) is 11.3 Å². The summed E-state index contributed by atoms with van der Waals surface area (Å²) >= 11 is 0. The number of aliphatic imine (C=N–C) groups is 1. The number of benzene rings is 2. The Morgan fingerprint density at radius 1 is 1.00 bits per heavy atom. The third kappa shape index (κ3) is 2.76. The third-order valence-electron chi connectivity index (χ3n) is 5.35. The van der Waals surface area contributed by atoms with Crippen molar-refractivity contribution in [3.8, 4) is 11.3 Å². The summed E-state index contributed by atoms with van der Waals surface area (Å²) in [5.41, 5.74) is 6.45. The van der Waals surface area contributed by atoms with Crippen LogP contribution in [0.4, 0.5) is 14.7 Å². The zero-order valence-electron chi connectivity index (χ0n) is 16.2. The van der Waals surface area contributed by atoms with Crippen LogP contribution >= 0.6 is 0 Å². The summed E-state index contributed by atoms with van der Waals surface area (Å²) in [5, 5.41) is 2.96. The van der Waals surface area contributed by atoms with Gasteiger partial charge in [-0.25, -0.2) is 18.7 Å². The van der Waals surface area contributed by atoms with Crippen LogP contribution in [0.2, 0.25) is 0 Å². The average molecular weight is 378 g/mol. The molecule has 0 saturated heterocycles. The van der Waals surface area contributed by atoms with Crippen LogP contribution in [0.5, 0.6) is 0 Å². The summed E-state index contributed by atoms with van der Waals surface area (Å²) in [4.78, 5) is 13.5. The molecule has 2 aromatic carbocycles. The number of nitrogens with one attached hydrogen (secondary N) is 1. The normalized spacial score (nSPS) is 12.7. The smallest absolute Gasteiger partial charge is 0.222 e. The van der Waals surface area contributed by atoms with E-state index in [-0.39, 0.29) is 12.1 Å². The maximum Gasteiger partial charge on any atom is 0.222 e. The Morgan fingerprint density at radius 2 is 1.71 bits per heavy atom. The maximum absolute atomic E-state index is 14.6. The summed E-state index contributed by atoms with van der Waals surface area (Å²) in [6.45, 7) is 6.28. The van der Waals surface area contributed by atoms with E-state index in [0.717, 1.165) is 33.5 Å². The van der Waals surface area contributed by atoms with E-state index in [0.29, 0.717) is 17.2 Å².